The number of carbonyl (C=O) groups is 2. The van der Waals surface area contributed by atoms with Gasteiger partial charge in [-0.25, -0.2) is 14.2 Å². The Morgan fingerprint density at radius 3 is 2.71 bits per heavy atom. The van der Waals surface area contributed by atoms with Gasteiger partial charge < -0.3 is 24.7 Å². The van der Waals surface area contributed by atoms with Crippen LogP contribution in [0, 0.1) is 11.7 Å². The van der Waals surface area contributed by atoms with Crippen LogP contribution in [0.25, 0.3) is 22.4 Å². The van der Waals surface area contributed by atoms with Gasteiger partial charge in [0.25, 0.3) is 0 Å². The molecule has 0 bridgehead atoms. The van der Waals surface area contributed by atoms with Crippen molar-refractivity contribution in [1.29, 1.82) is 0 Å². The molecule has 9 nitrogen and oxygen atoms in total. The molecule has 2 aromatic heterocycles. The SMILES string of the molecule is COC(=O)[C@H]1CN(c2c(Br)cncc2-c2nc3c(F)cccc3[nH]2)C[C@@H]1NC(=O)OC(C)(C)C. The number of benzene rings is 1. The number of fused-ring (bicyclic) bond motifs is 1. The summed E-state index contributed by atoms with van der Waals surface area (Å²) in [6, 6.07) is 4.14. The monoisotopic (exact) mass is 533 g/mol. The second-order valence-corrected chi connectivity index (χ2v) is 9.88. The van der Waals surface area contributed by atoms with E-state index in [1.807, 2.05) is 4.90 Å². The molecule has 1 aliphatic rings. The van der Waals surface area contributed by atoms with E-state index in [0.717, 1.165) is 0 Å². The predicted octanol–water partition coefficient (Wildman–Crippen LogP) is 4.03. The van der Waals surface area contributed by atoms with Crippen LogP contribution in [0.3, 0.4) is 0 Å². The lowest BCUT2D eigenvalue weighted by Gasteiger charge is -2.24. The van der Waals surface area contributed by atoms with Gasteiger partial charge >= 0.3 is 12.1 Å². The maximum absolute atomic E-state index is 14.2. The quantitative estimate of drug-likeness (QED) is 0.487. The van der Waals surface area contributed by atoms with Crippen LogP contribution in [0.4, 0.5) is 14.9 Å². The van der Waals surface area contributed by atoms with Gasteiger partial charge in [0.2, 0.25) is 0 Å². The Bertz CT molecular complexity index is 1240. The highest BCUT2D eigenvalue weighted by Crippen LogP contribution is 2.39. The number of nitrogens with zero attached hydrogens (tertiary/aromatic N) is 3. The van der Waals surface area contributed by atoms with Gasteiger partial charge in [0, 0.05) is 25.5 Å². The van der Waals surface area contributed by atoms with E-state index in [9.17, 15) is 14.0 Å². The number of alkyl carbamates (subject to hydrolysis) is 1. The van der Waals surface area contributed by atoms with Crippen molar-refractivity contribution >= 4 is 44.7 Å². The molecule has 0 aliphatic carbocycles. The molecule has 0 unspecified atom stereocenters. The number of para-hydroxylation sites is 1. The zero-order valence-electron chi connectivity index (χ0n) is 19.2. The highest BCUT2D eigenvalue weighted by Gasteiger charge is 2.41. The molecular weight excluding hydrogens is 509 g/mol. The highest BCUT2D eigenvalue weighted by atomic mass is 79.9. The number of ether oxygens (including phenoxy) is 2. The zero-order chi connectivity index (χ0) is 24.6. The maximum Gasteiger partial charge on any atom is 0.407 e. The van der Waals surface area contributed by atoms with E-state index < -0.39 is 35.4 Å². The molecule has 0 radical (unpaired) electrons. The van der Waals surface area contributed by atoms with Crippen LogP contribution in [-0.4, -0.2) is 58.9 Å². The Labute approximate surface area is 204 Å². The van der Waals surface area contributed by atoms with Crippen LogP contribution in [0.2, 0.25) is 0 Å². The third-order valence-electron chi connectivity index (χ3n) is 5.43. The maximum atomic E-state index is 14.2. The summed E-state index contributed by atoms with van der Waals surface area (Å²) < 4.78 is 25.3. The van der Waals surface area contributed by atoms with Gasteiger partial charge in [-0.2, -0.15) is 0 Å². The Hall–Kier alpha value is -3.21. The van der Waals surface area contributed by atoms with Gasteiger partial charge in [-0.15, -0.1) is 0 Å². The molecule has 1 saturated heterocycles. The number of imidazole rings is 1. The van der Waals surface area contributed by atoms with Crippen LogP contribution >= 0.6 is 15.9 Å². The summed E-state index contributed by atoms with van der Waals surface area (Å²) in [7, 11) is 1.31. The Morgan fingerprint density at radius 1 is 1.26 bits per heavy atom. The summed E-state index contributed by atoms with van der Waals surface area (Å²) in [4.78, 5) is 38.7. The van der Waals surface area contributed by atoms with Gasteiger partial charge in [-0.1, -0.05) is 6.07 Å². The minimum atomic E-state index is -0.680. The summed E-state index contributed by atoms with van der Waals surface area (Å²) >= 11 is 3.55. The van der Waals surface area contributed by atoms with Gasteiger partial charge in [-0.05, 0) is 48.8 Å². The summed E-state index contributed by atoms with van der Waals surface area (Å²) in [5.74, 6) is -1.07. The van der Waals surface area contributed by atoms with Crippen molar-refractivity contribution < 1.29 is 23.5 Å². The fourth-order valence-electron chi connectivity index (χ4n) is 4.03. The first-order chi connectivity index (χ1) is 16.1. The van der Waals surface area contributed by atoms with Crippen LogP contribution in [-0.2, 0) is 14.3 Å². The zero-order valence-corrected chi connectivity index (χ0v) is 20.8. The van der Waals surface area contributed by atoms with Crippen molar-refractivity contribution in [1.82, 2.24) is 20.3 Å². The summed E-state index contributed by atoms with van der Waals surface area (Å²) in [5.41, 5.74) is 1.42. The molecule has 1 aromatic carbocycles. The van der Waals surface area contributed by atoms with Gasteiger partial charge in [0.15, 0.2) is 5.82 Å². The van der Waals surface area contributed by atoms with E-state index in [1.165, 1.54) is 13.2 Å². The number of H-pyrrole nitrogens is 1. The number of hydrogen-bond donors (Lipinski definition) is 2. The van der Waals surface area contributed by atoms with E-state index in [4.69, 9.17) is 9.47 Å². The normalized spacial score (nSPS) is 18.2. The molecule has 1 fully saturated rings. The number of pyridine rings is 1. The molecule has 2 atom stereocenters. The van der Waals surface area contributed by atoms with Crippen LogP contribution in [0.5, 0.6) is 0 Å². The largest absolute Gasteiger partial charge is 0.469 e. The van der Waals surface area contributed by atoms with Crippen LogP contribution in [0.1, 0.15) is 20.8 Å². The third-order valence-corrected chi connectivity index (χ3v) is 6.01. The van der Waals surface area contributed by atoms with E-state index >= 15 is 0 Å². The molecule has 3 heterocycles. The van der Waals surface area contributed by atoms with Gasteiger partial charge in [-0.3, -0.25) is 9.78 Å². The smallest absolute Gasteiger partial charge is 0.407 e. The lowest BCUT2D eigenvalue weighted by atomic mass is 10.0. The number of carbonyl (C=O) groups excluding carboxylic acids is 2. The molecule has 3 aromatic rings. The van der Waals surface area contributed by atoms with Crippen LogP contribution < -0.4 is 10.2 Å². The lowest BCUT2D eigenvalue weighted by Crippen LogP contribution is -2.45. The van der Waals surface area contributed by atoms with Crippen molar-refractivity contribution in [3.63, 3.8) is 0 Å². The number of amides is 1. The standard InChI is InChI=1S/C23H25BrFN5O4/c1-23(2,3)34-22(32)28-17-11-30(10-13(17)21(31)33-4)19-12(8-26-9-14(19)24)20-27-16-7-5-6-15(25)18(16)29-20/h5-9,13,17H,10-11H2,1-4H3,(H,27,29)(H,28,32)/t13-,17-/m0/s1. The Balaban J connectivity index is 1.69. The summed E-state index contributed by atoms with van der Waals surface area (Å²) in [5, 5.41) is 2.80. The second kappa shape index (κ2) is 9.21. The number of esters is 1. The van der Waals surface area contributed by atoms with E-state index in [1.54, 1.807) is 45.3 Å². The fourth-order valence-corrected chi connectivity index (χ4v) is 4.61. The summed E-state index contributed by atoms with van der Waals surface area (Å²) in [6.07, 6.45) is 2.64. The van der Waals surface area contributed by atoms with Crippen LogP contribution in [0.15, 0.2) is 35.1 Å². The van der Waals surface area contributed by atoms with Crippen molar-refractivity contribution in [2.45, 2.75) is 32.4 Å². The first kappa shape index (κ1) is 23.9. The molecule has 4 rings (SSSR count). The van der Waals surface area contributed by atoms with E-state index in [0.29, 0.717) is 33.6 Å². The Kier molecular flexibility index (Phi) is 6.48. The number of anilines is 1. The molecule has 1 amide bonds. The topological polar surface area (TPSA) is 109 Å². The first-order valence-electron chi connectivity index (χ1n) is 10.7. The molecule has 0 spiro atoms. The average molecular weight is 534 g/mol. The number of methoxy groups -OCH3 is 1. The van der Waals surface area contributed by atoms with Crippen molar-refractivity contribution in [3.05, 3.63) is 40.9 Å². The number of rotatable bonds is 4. The minimum Gasteiger partial charge on any atom is -0.469 e. The molecular formula is C23H25BrFN5O4. The molecule has 11 heteroatoms. The van der Waals surface area contributed by atoms with Gasteiger partial charge in [0.05, 0.1) is 40.3 Å². The molecule has 34 heavy (non-hydrogen) atoms. The molecule has 0 saturated carbocycles. The third kappa shape index (κ3) is 4.84. The van der Waals surface area contributed by atoms with E-state index in [-0.39, 0.29) is 12.1 Å². The lowest BCUT2D eigenvalue weighted by molar-refractivity contribution is -0.145. The van der Waals surface area contributed by atoms with Crippen molar-refractivity contribution in [3.8, 4) is 11.4 Å². The second-order valence-electron chi connectivity index (χ2n) is 9.03. The first-order valence-corrected chi connectivity index (χ1v) is 11.5. The van der Waals surface area contributed by atoms with Gasteiger partial charge in [0.1, 0.15) is 16.9 Å². The number of nitrogens with one attached hydrogen (secondary N) is 2. The average Bonchev–Trinajstić information content (AvgIpc) is 3.37. The fraction of sp³-hybridized carbons (Fsp3) is 0.391. The molecule has 1 aliphatic heterocycles. The van der Waals surface area contributed by atoms with Crippen molar-refractivity contribution in [2.75, 3.05) is 25.1 Å². The molecule has 180 valence electrons. The predicted molar refractivity (Wildman–Crippen MR) is 128 cm³/mol. The number of aromatic nitrogens is 3. The van der Waals surface area contributed by atoms with Crippen molar-refractivity contribution in [2.24, 2.45) is 5.92 Å². The minimum absolute atomic E-state index is 0.224. The number of aromatic amines is 1. The van der Waals surface area contributed by atoms with E-state index in [2.05, 4.69) is 36.2 Å². The number of halogens is 2. The Morgan fingerprint density at radius 2 is 2.03 bits per heavy atom. The molecule has 2 N–H and O–H groups in total. The summed E-state index contributed by atoms with van der Waals surface area (Å²) in [6.45, 7) is 5.88. The highest BCUT2D eigenvalue weighted by molar-refractivity contribution is 9.10. The number of hydrogen-bond acceptors (Lipinski definition) is 7.